The largest absolute Gasteiger partial charge is 0.384 e. The number of Topliss-reactive ketones (excluding diaryl/α,β-unsaturated/α-hetero) is 1. The Kier molecular flexibility index (Phi) is 4.97. The van der Waals surface area contributed by atoms with Crippen molar-refractivity contribution in [3.8, 4) is 6.07 Å². The number of allylic oxidation sites excluding steroid dienone is 3. The molecule has 2 heterocycles. The number of benzene rings is 1. The van der Waals surface area contributed by atoms with Crippen LogP contribution in [0.2, 0.25) is 0 Å². The van der Waals surface area contributed by atoms with Gasteiger partial charge in [-0.2, -0.15) is 5.26 Å². The molecule has 0 saturated heterocycles. The number of nitrogens with zero attached hydrogens (tertiary/aromatic N) is 2. The topological polar surface area (TPSA) is 70.1 Å². The maximum atomic E-state index is 13.0. The molecule has 0 saturated carbocycles. The average Bonchev–Trinajstić information content (AvgIpc) is 3.07. The molecule has 1 unspecified atom stereocenters. The molecule has 1 atom stereocenters. The van der Waals surface area contributed by atoms with Crippen LogP contribution in [-0.2, 0) is 4.79 Å². The van der Waals surface area contributed by atoms with E-state index in [1.807, 2.05) is 40.6 Å². The fourth-order valence-corrected chi connectivity index (χ4v) is 5.71. The Morgan fingerprint density at radius 3 is 2.70 bits per heavy atom. The van der Waals surface area contributed by atoms with E-state index in [0.29, 0.717) is 23.4 Å². The predicted octanol–water partition coefficient (Wildman–Crippen LogP) is 5.58. The SMILES string of the molecule is N#CC1=C(N)N(c2cccc(Br)c2)C2=C(C(=O)CCC2)C1c1cc(Br)cs1. The standard InChI is InChI=1S/C20H15Br2N3OS/c21-11-3-1-4-13(7-11)25-15-5-2-6-16(26)19(15)18(14(9-23)20(25)24)17-8-12(22)10-27-17/h1,3-4,7-8,10,18H,2,5-6,24H2. The summed E-state index contributed by atoms with van der Waals surface area (Å²) in [7, 11) is 0. The Balaban J connectivity index is 1.97. The molecule has 0 spiro atoms. The summed E-state index contributed by atoms with van der Waals surface area (Å²) in [6.45, 7) is 0. The molecule has 0 amide bonds. The maximum absolute atomic E-state index is 13.0. The minimum atomic E-state index is -0.391. The van der Waals surface area contributed by atoms with Gasteiger partial charge in [-0.3, -0.25) is 9.69 Å². The lowest BCUT2D eigenvalue weighted by Crippen LogP contribution is -2.38. The van der Waals surface area contributed by atoms with Crippen molar-refractivity contribution >= 4 is 54.7 Å². The summed E-state index contributed by atoms with van der Waals surface area (Å²) < 4.78 is 1.86. The predicted molar refractivity (Wildman–Crippen MR) is 114 cm³/mol. The number of anilines is 1. The lowest BCUT2D eigenvalue weighted by atomic mass is 9.78. The summed E-state index contributed by atoms with van der Waals surface area (Å²) in [6.07, 6.45) is 2.06. The number of nitrogens with two attached hydrogens (primary N) is 1. The van der Waals surface area contributed by atoms with E-state index in [1.165, 1.54) is 11.3 Å². The first-order valence-electron chi connectivity index (χ1n) is 8.47. The minimum Gasteiger partial charge on any atom is -0.384 e. The number of nitriles is 1. The molecule has 2 aromatic rings. The van der Waals surface area contributed by atoms with Crippen molar-refractivity contribution in [2.75, 3.05) is 4.90 Å². The van der Waals surface area contributed by atoms with Gasteiger partial charge < -0.3 is 5.73 Å². The molecule has 1 aliphatic heterocycles. The number of hydrogen-bond acceptors (Lipinski definition) is 5. The van der Waals surface area contributed by atoms with Crippen molar-refractivity contribution in [2.45, 2.75) is 25.2 Å². The highest BCUT2D eigenvalue weighted by Crippen LogP contribution is 2.48. The number of thiophene rings is 1. The molecule has 1 aromatic heterocycles. The van der Waals surface area contributed by atoms with Gasteiger partial charge in [0, 0.05) is 42.6 Å². The Labute approximate surface area is 178 Å². The van der Waals surface area contributed by atoms with E-state index in [-0.39, 0.29) is 5.78 Å². The fourth-order valence-electron chi connectivity index (χ4n) is 3.76. The van der Waals surface area contributed by atoms with Crippen LogP contribution in [0.25, 0.3) is 0 Å². The first kappa shape index (κ1) is 18.5. The van der Waals surface area contributed by atoms with Crippen LogP contribution in [-0.4, -0.2) is 5.78 Å². The number of ketones is 1. The number of carbonyl (C=O) groups is 1. The molecular weight excluding hydrogens is 490 g/mol. The number of hydrogen-bond donors (Lipinski definition) is 1. The number of carbonyl (C=O) groups excluding carboxylic acids is 1. The van der Waals surface area contributed by atoms with E-state index >= 15 is 0 Å². The minimum absolute atomic E-state index is 0.103. The van der Waals surface area contributed by atoms with E-state index in [0.717, 1.165) is 38.0 Å². The quantitative estimate of drug-likeness (QED) is 0.579. The molecule has 136 valence electrons. The zero-order valence-electron chi connectivity index (χ0n) is 14.2. The third-order valence-electron chi connectivity index (χ3n) is 4.85. The molecule has 4 rings (SSSR count). The fraction of sp³-hybridized carbons (Fsp3) is 0.200. The highest BCUT2D eigenvalue weighted by atomic mass is 79.9. The van der Waals surface area contributed by atoms with Crippen LogP contribution in [0.1, 0.15) is 30.1 Å². The van der Waals surface area contributed by atoms with Gasteiger partial charge in [-0.15, -0.1) is 11.3 Å². The van der Waals surface area contributed by atoms with Gasteiger partial charge in [0.25, 0.3) is 0 Å². The van der Waals surface area contributed by atoms with Crippen molar-refractivity contribution < 1.29 is 4.79 Å². The van der Waals surface area contributed by atoms with Crippen LogP contribution in [0.4, 0.5) is 5.69 Å². The molecule has 1 aromatic carbocycles. The second-order valence-electron chi connectivity index (χ2n) is 6.46. The van der Waals surface area contributed by atoms with E-state index in [2.05, 4.69) is 37.9 Å². The molecular formula is C20H15Br2N3OS. The number of halogens is 2. The second-order valence-corrected chi connectivity index (χ2v) is 9.24. The summed E-state index contributed by atoms with van der Waals surface area (Å²) in [5.74, 6) is 0.113. The van der Waals surface area contributed by atoms with Crippen LogP contribution >= 0.6 is 43.2 Å². The highest BCUT2D eigenvalue weighted by Gasteiger charge is 2.40. The van der Waals surface area contributed by atoms with Gasteiger partial charge in [-0.05, 0) is 53.0 Å². The van der Waals surface area contributed by atoms with E-state index in [9.17, 15) is 10.1 Å². The normalized spacial score (nSPS) is 20.0. The Hall–Kier alpha value is -1.88. The lowest BCUT2D eigenvalue weighted by Gasteiger charge is -2.39. The molecule has 4 nitrogen and oxygen atoms in total. The summed E-state index contributed by atoms with van der Waals surface area (Å²) >= 11 is 8.51. The molecule has 27 heavy (non-hydrogen) atoms. The van der Waals surface area contributed by atoms with Gasteiger partial charge in [0.2, 0.25) is 0 Å². The van der Waals surface area contributed by atoms with Crippen molar-refractivity contribution in [1.82, 2.24) is 0 Å². The molecule has 0 fully saturated rings. The van der Waals surface area contributed by atoms with Crippen LogP contribution in [0.3, 0.4) is 0 Å². The molecule has 0 radical (unpaired) electrons. The van der Waals surface area contributed by atoms with Crippen LogP contribution in [0.5, 0.6) is 0 Å². The molecule has 0 bridgehead atoms. The summed E-state index contributed by atoms with van der Waals surface area (Å²) in [4.78, 5) is 15.8. The first-order chi connectivity index (χ1) is 13.0. The van der Waals surface area contributed by atoms with Crippen LogP contribution in [0, 0.1) is 11.3 Å². The van der Waals surface area contributed by atoms with Gasteiger partial charge in [-0.1, -0.05) is 22.0 Å². The smallest absolute Gasteiger partial charge is 0.161 e. The van der Waals surface area contributed by atoms with E-state index < -0.39 is 5.92 Å². The molecule has 7 heteroatoms. The van der Waals surface area contributed by atoms with Crippen LogP contribution < -0.4 is 10.6 Å². The molecule has 1 aliphatic carbocycles. The van der Waals surface area contributed by atoms with E-state index in [4.69, 9.17) is 5.73 Å². The summed E-state index contributed by atoms with van der Waals surface area (Å²) in [5.41, 5.74) is 9.42. The Morgan fingerprint density at radius 2 is 2.04 bits per heavy atom. The Morgan fingerprint density at radius 1 is 1.22 bits per heavy atom. The summed E-state index contributed by atoms with van der Waals surface area (Å²) in [5, 5.41) is 11.9. The van der Waals surface area contributed by atoms with Crippen molar-refractivity contribution in [3.63, 3.8) is 0 Å². The average molecular weight is 505 g/mol. The monoisotopic (exact) mass is 503 g/mol. The van der Waals surface area contributed by atoms with Gasteiger partial charge in [0.15, 0.2) is 5.78 Å². The Bertz CT molecular complexity index is 1050. The maximum Gasteiger partial charge on any atom is 0.161 e. The van der Waals surface area contributed by atoms with E-state index in [1.54, 1.807) is 0 Å². The molecule has 2 N–H and O–H groups in total. The van der Waals surface area contributed by atoms with Gasteiger partial charge in [0.1, 0.15) is 5.82 Å². The zero-order valence-corrected chi connectivity index (χ0v) is 18.2. The molecule has 2 aliphatic rings. The van der Waals surface area contributed by atoms with Crippen molar-refractivity contribution in [2.24, 2.45) is 5.73 Å². The van der Waals surface area contributed by atoms with Gasteiger partial charge >= 0.3 is 0 Å². The van der Waals surface area contributed by atoms with Crippen LogP contribution in [0.15, 0.2) is 67.3 Å². The summed E-state index contributed by atoms with van der Waals surface area (Å²) in [6, 6.07) is 12.0. The third-order valence-corrected chi connectivity index (χ3v) is 7.10. The first-order valence-corrected chi connectivity index (χ1v) is 10.9. The van der Waals surface area contributed by atoms with Gasteiger partial charge in [-0.25, -0.2) is 0 Å². The van der Waals surface area contributed by atoms with Gasteiger partial charge in [0.05, 0.1) is 17.6 Å². The highest BCUT2D eigenvalue weighted by molar-refractivity contribution is 9.10. The lowest BCUT2D eigenvalue weighted by molar-refractivity contribution is -0.116. The zero-order chi connectivity index (χ0) is 19.1. The third kappa shape index (κ3) is 3.16. The van der Waals surface area contributed by atoms with Crippen molar-refractivity contribution in [1.29, 1.82) is 5.26 Å². The number of rotatable bonds is 2. The van der Waals surface area contributed by atoms with Crippen molar-refractivity contribution in [3.05, 3.63) is 72.2 Å². The second kappa shape index (κ2) is 7.27.